The van der Waals surface area contributed by atoms with Gasteiger partial charge in [0.25, 0.3) is 0 Å². The van der Waals surface area contributed by atoms with Gasteiger partial charge >= 0.3 is 0 Å². The van der Waals surface area contributed by atoms with Gasteiger partial charge in [0, 0.05) is 38.9 Å². The molecule has 20 heavy (non-hydrogen) atoms. The first-order valence-electron chi connectivity index (χ1n) is 8.75. The van der Waals surface area contributed by atoms with Gasteiger partial charge in [0.1, 0.15) is 0 Å². The fourth-order valence-electron chi connectivity index (χ4n) is 4.11. The lowest BCUT2D eigenvalue weighted by Gasteiger charge is -2.41. The maximum absolute atomic E-state index is 5.62. The van der Waals surface area contributed by atoms with Crippen molar-refractivity contribution in [3.8, 4) is 0 Å². The van der Waals surface area contributed by atoms with Gasteiger partial charge in [0.05, 0.1) is 0 Å². The lowest BCUT2D eigenvalue weighted by atomic mass is 9.79. The van der Waals surface area contributed by atoms with Crippen molar-refractivity contribution in [1.29, 1.82) is 0 Å². The minimum atomic E-state index is 0.466. The number of nitrogens with zero attached hydrogens (tertiary/aromatic N) is 1. The van der Waals surface area contributed by atoms with Crippen molar-refractivity contribution in [2.24, 2.45) is 11.3 Å². The zero-order valence-corrected chi connectivity index (χ0v) is 13.2. The van der Waals surface area contributed by atoms with Crippen LogP contribution in [-0.2, 0) is 4.74 Å². The first-order chi connectivity index (χ1) is 9.76. The van der Waals surface area contributed by atoms with Gasteiger partial charge in [-0.25, -0.2) is 0 Å². The summed E-state index contributed by atoms with van der Waals surface area (Å²) in [5.41, 5.74) is 0.466. The van der Waals surface area contributed by atoms with Crippen molar-refractivity contribution in [1.82, 2.24) is 10.2 Å². The highest BCUT2D eigenvalue weighted by molar-refractivity contribution is 4.91. The molecule has 3 aliphatic rings. The first-order valence-corrected chi connectivity index (χ1v) is 8.75. The highest BCUT2D eigenvalue weighted by Crippen LogP contribution is 2.33. The molecule has 0 aromatic rings. The minimum absolute atomic E-state index is 0.466. The van der Waals surface area contributed by atoms with E-state index >= 15 is 0 Å². The zero-order chi connectivity index (χ0) is 13.8. The Morgan fingerprint density at radius 2 is 1.80 bits per heavy atom. The second-order valence-corrected chi connectivity index (χ2v) is 7.61. The third kappa shape index (κ3) is 4.19. The van der Waals surface area contributed by atoms with Crippen LogP contribution in [-0.4, -0.2) is 50.8 Å². The average molecular weight is 280 g/mol. The summed E-state index contributed by atoms with van der Waals surface area (Å²) in [5.74, 6) is 0.966. The van der Waals surface area contributed by atoms with Crippen LogP contribution < -0.4 is 5.32 Å². The summed E-state index contributed by atoms with van der Waals surface area (Å²) in [6.07, 6.45) is 11.1. The van der Waals surface area contributed by atoms with E-state index in [2.05, 4.69) is 17.3 Å². The Hall–Kier alpha value is -0.120. The summed E-state index contributed by atoms with van der Waals surface area (Å²) >= 11 is 0. The topological polar surface area (TPSA) is 24.5 Å². The molecule has 1 saturated heterocycles. The van der Waals surface area contributed by atoms with Crippen LogP contribution >= 0.6 is 0 Å². The average Bonchev–Trinajstić information content (AvgIpc) is 3.15. The van der Waals surface area contributed by atoms with E-state index in [-0.39, 0.29) is 0 Å². The molecule has 1 heterocycles. The summed E-state index contributed by atoms with van der Waals surface area (Å²) in [5, 5.41) is 3.78. The normalized spacial score (nSPS) is 27.3. The molecule has 0 radical (unpaired) electrons. The minimum Gasteiger partial charge on any atom is -0.381 e. The van der Waals surface area contributed by atoms with E-state index in [1.54, 1.807) is 0 Å². The lowest BCUT2D eigenvalue weighted by molar-refractivity contribution is -0.00250. The van der Waals surface area contributed by atoms with E-state index in [9.17, 15) is 0 Å². The molecule has 0 amide bonds. The van der Waals surface area contributed by atoms with Crippen LogP contribution in [0.1, 0.15) is 51.4 Å². The van der Waals surface area contributed by atoms with E-state index in [0.717, 1.165) is 25.2 Å². The molecular weight excluding hydrogens is 248 g/mol. The van der Waals surface area contributed by atoms with Crippen LogP contribution in [0.5, 0.6) is 0 Å². The molecule has 116 valence electrons. The van der Waals surface area contributed by atoms with Crippen molar-refractivity contribution in [3.63, 3.8) is 0 Å². The Morgan fingerprint density at radius 1 is 1.10 bits per heavy atom. The Labute approximate surface area is 124 Å². The third-order valence-corrected chi connectivity index (χ3v) is 5.55. The standard InChI is InChI=1S/C17H32N2O/c1-19(12-15-4-2-3-5-15)14-17(8-10-20-11-9-17)13-18-16-6-7-16/h15-16,18H,2-14H2,1H3. The maximum Gasteiger partial charge on any atom is 0.0472 e. The number of hydrogen-bond donors (Lipinski definition) is 1. The van der Waals surface area contributed by atoms with Gasteiger partial charge in [-0.15, -0.1) is 0 Å². The summed E-state index contributed by atoms with van der Waals surface area (Å²) in [6, 6.07) is 0.829. The maximum atomic E-state index is 5.62. The van der Waals surface area contributed by atoms with Crippen molar-refractivity contribution in [3.05, 3.63) is 0 Å². The highest BCUT2D eigenvalue weighted by atomic mass is 16.5. The molecule has 0 aromatic carbocycles. The smallest absolute Gasteiger partial charge is 0.0472 e. The number of hydrogen-bond acceptors (Lipinski definition) is 3. The van der Waals surface area contributed by atoms with Crippen LogP contribution in [0.25, 0.3) is 0 Å². The van der Waals surface area contributed by atoms with Crippen LogP contribution in [0.15, 0.2) is 0 Å². The fraction of sp³-hybridized carbons (Fsp3) is 1.00. The summed E-state index contributed by atoms with van der Waals surface area (Å²) in [4.78, 5) is 2.62. The molecule has 2 saturated carbocycles. The van der Waals surface area contributed by atoms with Crippen LogP contribution in [0.2, 0.25) is 0 Å². The van der Waals surface area contributed by atoms with Crippen molar-refractivity contribution >= 4 is 0 Å². The van der Waals surface area contributed by atoms with E-state index in [0.29, 0.717) is 5.41 Å². The molecule has 2 aliphatic carbocycles. The van der Waals surface area contributed by atoms with Gasteiger partial charge < -0.3 is 15.0 Å². The monoisotopic (exact) mass is 280 g/mol. The molecule has 3 heteroatoms. The third-order valence-electron chi connectivity index (χ3n) is 5.55. The fourth-order valence-corrected chi connectivity index (χ4v) is 4.11. The molecule has 0 aromatic heterocycles. The van der Waals surface area contributed by atoms with Crippen LogP contribution in [0.4, 0.5) is 0 Å². The molecule has 0 atom stereocenters. The number of ether oxygens (including phenoxy) is 1. The Balaban J connectivity index is 1.50. The van der Waals surface area contributed by atoms with E-state index < -0.39 is 0 Å². The van der Waals surface area contributed by atoms with Crippen molar-refractivity contribution in [2.75, 3.05) is 39.9 Å². The zero-order valence-electron chi connectivity index (χ0n) is 13.2. The quantitative estimate of drug-likeness (QED) is 0.776. The molecule has 0 unspecified atom stereocenters. The van der Waals surface area contributed by atoms with Gasteiger partial charge in [0.15, 0.2) is 0 Å². The van der Waals surface area contributed by atoms with Gasteiger partial charge in [-0.1, -0.05) is 12.8 Å². The molecule has 3 nitrogen and oxygen atoms in total. The number of nitrogens with one attached hydrogen (secondary N) is 1. The molecule has 0 bridgehead atoms. The predicted octanol–water partition coefficient (Wildman–Crippen LogP) is 2.66. The summed E-state index contributed by atoms with van der Waals surface area (Å²) < 4.78 is 5.62. The SMILES string of the molecule is CN(CC1CCCC1)CC1(CNC2CC2)CCOCC1. The highest BCUT2D eigenvalue weighted by Gasteiger charge is 2.35. The van der Waals surface area contributed by atoms with E-state index in [4.69, 9.17) is 4.74 Å². The largest absolute Gasteiger partial charge is 0.381 e. The summed E-state index contributed by atoms with van der Waals surface area (Å²) in [7, 11) is 2.34. The van der Waals surface area contributed by atoms with E-state index in [1.165, 1.54) is 71.0 Å². The van der Waals surface area contributed by atoms with Crippen LogP contribution in [0.3, 0.4) is 0 Å². The second kappa shape index (κ2) is 6.76. The van der Waals surface area contributed by atoms with E-state index in [1.807, 2.05) is 0 Å². The lowest BCUT2D eigenvalue weighted by Crippen LogP contribution is -2.47. The van der Waals surface area contributed by atoms with Gasteiger partial charge in [0.2, 0.25) is 0 Å². The predicted molar refractivity (Wildman–Crippen MR) is 83.0 cm³/mol. The Bertz CT molecular complexity index is 291. The Kier molecular flexibility index (Phi) is 5.00. The molecular formula is C17H32N2O. The van der Waals surface area contributed by atoms with Gasteiger partial charge in [-0.05, 0) is 56.9 Å². The van der Waals surface area contributed by atoms with Crippen molar-refractivity contribution < 1.29 is 4.74 Å². The summed E-state index contributed by atoms with van der Waals surface area (Å²) in [6.45, 7) is 5.70. The number of rotatable bonds is 7. The van der Waals surface area contributed by atoms with Crippen molar-refractivity contribution in [2.45, 2.75) is 57.4 Å². The molecule has 1 N–H and O–H groups in total. The van der Waals surface area contributed by atoms with Gasteiger partial charge in [-0.3, -0.25) is 0 Å². The molecule has 3 rings (SSSR count). The molecule has 0 spiro atoms. The second-order valence-electron chi connectivity index (χ2n) is 7.61. The first kappa shape index (κ1) is 14.8. The van der Waals surface area contributed by atoms with Crippen LogP contribution in [0, 0.1) is 11.3 Å². The molecule has 1 aliphatic heterocycles. The van der Waals surface area contributed by atoms with Gasteiger partial charge in [-0.2, -0.15) is 0 Å². The molecule has 3 fully saturated rings. The Morgan fingerprint density at radius 3 is 2.45 bits per heavy atom.